The molecule has 0 atom stereocenters. The van der Waals surface area contributed by atoms with E-state index in [9.17, 15) is 0 Å². The zero-order valence-electron chi connectivity index (χ0n) is 7.87. The highest BCUT2D eigenvalue weighted by molar-refractivity contribution is 9.10. The molecule has 2 rings (SSSR count). The summed E-state index contributed by atoms with van der Waals surface area (Å²) in [7, 11) is 0. The van der Waals surface area contributed by atoms with Crippen LogP contribution in [0.3, 0.4) is 0 Å². The highest BCUT2D eigenvalue weighted by atomic mass is 79.9. The number of hydrogen-bond donors (Lipinski definition) is 1. The molecule has 3 nitrogen and oxygen atoms in total. The van der Waals surface area contributed by atoms with E-state index in [2.05, 4.69) is 26.2 Å². The summed E-state index contributed by atoms with van der Waals surface area (Å²) >= 11 is 3.34. The molecule has 1 aliphatic rings. The average Bonchev–Trinajstić information content (AvgIpc) is 2.23. The molecule has 1 N–H and O–H groups in total. The van der Waals surface area contributed by atoms with E-state index in [1.165, 1.54) is 0 Å². The third kappa shape index (κ3) is 2.69. The predicted molar refractivity (Wildman–Crippen MR) is 58.5 cm³/mol. The fourth-order valence-electron chi connectivity index (χ4n) is 1.52. The van der Waals surface area contributed by atoms with Gasteiger partial charge in [-0.3, -0.25) is 0 Å². The Morgan fingerprint density at radius 2 is 2.14 bits per heavy atom. The second-order valence-corrected chi connectivity index (χ2v) is 4.30. The number of halogens is 1. The van der Waals surface area contributed by atoms with Gasteiger partial charge in [-0.15, -0.1) is 0 Å². The third-order valence-corrected chi connectivity index (χ3v) is 2.74. The lowest BCUT2D eigenvalue weighted by Gasteiger charge is -2.23. The van der Waals surface area contributed by atoms with Gasteiger partial charge in [-0.2, -0.15) is 0 Å². The molecule has 0 aromatic carbocycles. The molecule has 1 aliphatic heterocycles. The lowest BCUT2D eigenvalue weighted by molar-refractivity contribution is 0.156. The summed E-state index contributed by atoms with van der Waals surface area (Å²) < 4.78 is 6.72. The summed E-state index contributed by atoms with van der Waals surface area (Å²) in [6.45, 7) is 2.09. The van der Waals surface area contributed by atoms with Gasteiger partial charge in [0.15, 0.2) is 0 Å². The molecule has 1 saturated heterocycles. The van der Waals surface area contributed by atoms with Crippen LogP contribution in [-0.4, -0.2) is 24.2 Å². The van der Waals surface area contributed by atoms with Gasteiger partial charge in [0.05, 0.1) is 0 Å². The molecule has 0 radical (unpaired) electrons. The van der Waals surface area contributed by atoms with Crippen LogP contribution in [0.15, 0.2) is 22.8 Å². The van der Waals surface area contributed by atoms with Gasteiger partial charge in [0.1, 0.15) is 6.10 Å². The van der Waals surface area contributed by atoms with Crippen LogP contribution in [0.5, 0.6) is 5.88 Å². The SMILES string of the molecule is Brc1ccc(OC2CCNCC2)nc1. The molecule has 0 amide bonds. The molecular weight excluding hydrogens is 244 g/mol. The molecule has 1 aromatic heterocycles. The molecule has 1 aromatic rings. The highest BCUT2D eigenvalue weighted by Crippen LogP contribution is 2.16. The van der Waals surface area contributed by atoms with Crippen molar-refractivity contribution in [2.24, 2.45) is 0 Å². The molecule has 2 heterocycles. The quantitative estimate of drug-likeness (QED) is 0.879. The first-order chi connectivity index (χ1) is 6.84. The van der Waals surface area contributed by atoms with Gasteiger partial charge in [-0.25, -0.2) is 4.98 Å². The first-order valence-corrected chi connectivity index (χ1v) is 5.63. The minimum atomic E-state index is 0.324. The molecule has 4 heteroatoms. The van der Waals surface area contributed by atoms with Gasteiger partial charge in [-0.1, -0.05) is 0 Å². The third-order valence-electron chi connectivity index (χ3n) is 2.27. The summed E-state index contributed by atoms with van der Waals surface area (Å²) in [5.74, 6) is 0.722. The van der Waals surface area contributed by atoms with Gasteiger partial charge >= 0.3 is 0 Å². The number of rotatable bonds is 2. The molecule has 1 fully saturated rings. The topological polar surface area (TPSA) is 34.1 Å². The van der Waals surface area contributed by atoms with E-state index in [0.717, 1.165) is 36.3 Å². The van der Waals surface area contributed by atoms with E-state index in [1.807, 2.05) is 12.1 Å². The summed E-state index contributed by atoms with van der Waals surface area (Å²) in [4.78, 5) is 4.18. The lowest BCUT2D eigenvalue weighted by atomic mass is 10.1. The van der Waals surface area contributed by atoms with E-state index in [4.69, 9.17) is 4.74 Å². The van der Waals surface area contributed by atoms with Crippen LogP contribution in [0.2, 0.25) is 0 Å². The second-order valence-electron chi connectivity index (χ2n) is 3.38. The Kier molecular flexibility index (Phi) is 3.37. The number of nitrogens with one attached hydrogen (secondary N) is 1. The summed E-state index contributed by atoms with van der Waals surface area (Å²) in [5.41, 5.74) is 0. The molecule has 0 unspecified atom stereocenters. The van der Waals surface area contributed by atoms with Crippen LogP contribution in [0, 0.1) is 0 Å². The molecule has 0 aliphatic carbocycles. The summed E-state index contributed by atoms with van der Waals surface area (Å²) in [6.07, 6.45) is 4.22. The molecule has 76 valence electrons. The van der Waals surface area contributed by atoms with E-state index < -0.39 is 0 Å². The Morgan fingerprint density at radius 1 is 1.36 bits per heavy atom. The summed E-state index contributed by atoms with van der Waals surface area (Å²) in [6, 6.07) is 3.84. The largest absolute Gasteiger partial charge is 0.474 e. The van der Waals surface area contributed by atoms with Crippen molar-refractivity contribution in [2.75, 3.05) is 13.1 Å². The van der Waals surface area contributed by atoms with Crippen LogP contribution in [0.1, 0.15) is 12.8 Å². The van der Waals surface area contributed by atoms with Gasteiger partial charge in [0.25, 0.3) is 0 Å². The van der Waals surface area contributed by atoms with Gasteiger partial charge in [-0.05, 0) is 47.9 Å². The van der Waals surface area contributed by atoms with Crippen molar-refractivity contribution in [2.45, 2.75) is 18.9 Å². The fourth-order valence-corrected chi connectivity index (χ4v) is 1.75. The highest BCUT2D eigenvalue weighted by Gasteiger charge is 2.14. The Bertz CT molecular complexity index is 283. The van der Waals surface area contributed by atoms with Crippen LogP contribution < -0.4 is 10.1 Å². The number of hydrogen-bond acceptors (Lipinski definition) is 3. The van der Waals surface area contributed by atoms with Gasteiger partial charge < -0.3 is 10.1 Å². The number of piperidine rings is 1. The number of pyridine rings is 1. The molecule has 0 bridgehead atoms. The fraction of sp³-hybridized carbons (Fsp3) is 0.500. The van der Waals surface area contributed by atoms with E-state index in [1.54, 1.807) is 6.20 Å². The summed E-state index contributed by atoms with van der Waals surface area (Å²) in [5, 5.41) is 3.30. The van der Waals surface area contributed by atoms with Crippen molar-refractivity contribution in [1.29, 1.82) is 0 Å². The van der Waals surface area contributed by atoms with Crippen LogP contribution in [0.4, 0.5) is 0 Å². The number of ether oxygens (including phenoxy) is 1. The normalized spacial score (nSPS) is 18.1. The smallest absolute Gasteiger partial charge is 0.213 e. The maximum absolute atomic E-state index is 5.74. The van der Waals surface area contributed by atoms with Crippen molar-refractivity contribution in [3.63, 3.8) is 0 Å². The minimum absolute atomic E-state index is 0.324. The van der Waals surface area contributed by atoms with E-state index >= 15 is 0 Å². The van der Waals surface area contributed by atoms with Crippen molar-refractivity contribution < 1.29 is 4.74 Å². The monoisotopic (exact) mass is 256 g/mol. The zero-order chi connectivity index (χ0) is 9.80. The minimum Gasteiger partial charge on any atom is -0.474 e. The maximum atomic E-state index is 5.74. The van der Waals surface area contributed by atoms with Crippen molar-refractivity contribution in [3.05, 3.63) is 22.8 Å². The Morgan fingerprint density at radius 3 is 2.79 bits per heavy atom. The van der Waals surface area contributed by atoms with Crippen LogP contribution >= 0.6 is 15.9 Å². The van der Waals surface area contributed by atoms with Crippen molar-refractivity contribution in [3.8, 4) is 5.88 Å². The predicted octanol–water partition coefficient (Wildman–Crippen LogP) is 1.97. The van der Waals surface area contributed by atoms with Gasteiger partial charge in [0.2, 0.25) is 5.88 Å². The Balaban J connectivity index is 1.92. The van der Waals surface area contributed by atoms with Crippen molar-refractivity contribution >= 4 is 15.9 Å². The van der Waals surface area contributed by atoms with Crippen LogP contribution in [0.25, 0.3) is 0 Å². The first-order valence-electron chi connectivity index (χ1n) is 4.83. The molecule has 14 heavy (non-hydrogen) atoms. The van der Waals surface area contributed by atoms with Crippen molar-refractivity contribution in [1.82, 2.24) is 10.3 Å². The van der Waals surface area contributed by atoms with Gasteiger partial charge in [0, 0.05) is 16.7 Å². The first kappa shape index (κ1) is 9.93. The zero-order valence-corrected chi connectivity index (χ0v) is 9.46. The standard InChI is InChI=1S/C10H13BrN2O/c11-8-1-2-10(13-7-8)14-9-3-5-12-6-4-9/h1-2,7,9,12H,3-6H2. The van der Waals surface area contributed by atoms with Crippen LogP contribution in [-0.2, 0) is 0 Å². The Hall–Kier alpha value is -0.610. The number of aromatic nitrogens is 1. The van der Waals surface area contributed by atoms with E-state index in [0.29, 0.717) is 6.10 Å². The molecular formula is C10H13BrN2O. The lowest BCUT2D eigenvalue weighted by Crippen LogP contribution is -2.34. The maximum Gasteiger partial charge on any atom is 0.213 e. The molecule has 0 spiro atoms. The van der Waals surface area contributed by atoms with E-state index in [-0.39, 0.29) is 0 Å². The number of nitrogens with zero attached hydrogens (tertiary/aromatic N) is 1. The second kappa shape index (κ2) is 4.75. The average molecular weight is 257 g/mol. The Labute approximate surface area is 92.0 Å². The molecule has 0 saturated carbocycles.